The molecule has 11 heteroatoms. The zero-order chi connectivity index (χ0) is 27.6. The number of fused-ring (bicyclic) bond motifs is 1. The van der Waals surface area contributed by atoms with E-state index in [1.54, 1.807) is 36.1 Å². The fraction of sp³-hybridized carbons (Fsp3) is 0.357. The fourth-order valence-electron chi connectivity index (χ4n) is 5.77. The molecule has 0 aliphatic carbocycles. The quantitative estimate of drug-likeness (QED) is 0.342. The van der Waals surface area contributed by atoms with Gasteiger partial charge in [0.1, 0.15) is 5.82 Å². The summed E-state index contributed by atoms with van der Waals surface area (Å²) < 4.78 is 14.7. The van der Waals surface area contributed by atoms with E-state index in [2.05, 4.69) is 20.9 Å². The number of urea groups is 1. The van der Waals surface area contributed by atoms with Crippen LogP contribution in [0.3, 0.4) is 0 Å². The largest absolute Gasteiger partial charge is 0.481 e. The van der Waals surface area contributed by atoms with E-state index in [-0.39, 0.29) is 5.82 Å². The molecule has 2 aliphatic rings. The van der Waals surface area contributed by atoms with Crippen LogP contribution in [0.25, 0.3) is 21.3 Å². The summed E-state index contributed by atoms with van der Waals surface area (Å²) in [6, 6.07) is 9.67. The molecule has 9 nitrogen and oxygen atoms in total. The number of carboxylic acid groups (broad SMARTS) is 1. The molecule has 2 amide bonds. The van der Waals surface area contributed by atoms with Gasteiger partial charge >= 0.3 is 12.0 Å². The topological polar surface area (TPSA) is 119 Å². The van der Waals surface area contributed by atoms with Gasteiger partial charge in [0, 0.05) is 36.8 Å². The maximum atomic E-state index is 13.7. The van der Waals surface area contributed by atoms with Crippen molar-refractivity contribution in [1.82, 2.24) is 20.9 Å². The van der Waals surface area contributed by atoms with Crippen molar-refractivity contribution < 1.29 is 19.1 Å². The van der Waals surface area contributed by atoms with Gasteiger partial charge in [-0.25, -0.2) is 19.2 Å². The first-order chi connectivity index (χ1) is 18.8. The summed E-state index contributed by atoms with van der Waals surface area (Å²) in [5, 5.41) is 19.7. The molecular weight excluding hydrogens is 519 g/mol. The Hall–Kier alpha value is -3.83. The van der Waals surface area contributed by atoms with Crippen LogP contribution >= 0.6 is 11.3 Å². The Kier molecular flexibility index (Phi) is 7.37. The molecule has 5 rings (SSSR count). The van der Waals surface area contributed by atoms with Gasteiger partial charge in [-0.15, -0.1) is 11.3 Å². The van der Waals surface area contributed by atoms with Crippen molar-refractivity contribution in [3.8, 4) is 11.1 Å². The lowest BCUT2D eigenvalue weighted by atomic mass is 9.65. The molecular formula is C28H31FN6O3S. The number of thiazole rings is 1. The Labute approximate surface area is 229 Å². The van der Waals surface area contributed by atoms with Gasteiger partial charge in [0.25, 0.3) is 0 Å². The highest BCUT2D eigenvalue weighted by atomic mass is 32.1. The van der Waals surface area contributed by atoms with Gasteiger partial charge in [0.2, 0.25) is 5.79 Å². The molecule has 0 spiro atoms. The maximum Gasteiger partial charge on any atom is 0.318 e. The molecule has 39 heavy (non-hydrogen) atoms. The smallest absolute Gasteiger partial charge is 0.318 e. The van der Waals surface area contributed by atoms with Gasteiger partial charge in [-0.3, -0.25) is 10.1 Å². The molecule has 1 fully saturated rings. The highest BCUT2D eigenvalue weighted by Gasteiger charge is 2.59. The predicted octanol–water partition coefficient (Wildman–Crippen LogP) is 4.57. The van der Waals surface area contributed by atoms with Gasteiger partial charge in [0.15, 0.2) is 0 Å². The number of aromatic nitrogens is 1. The lowest BCUT2D eigenvalue weighted by molar-refractivity contribution is -0.158. The van der Waals surface area contributed by atoms with Crippen molar-refractivity contribution in [2.24, 2.45) is 16.3 Å². The Morgan fingerprint density at radius 3 is 2.77 bits per heavy atom. The molecule has 3 atom stereocenters. The second-order valence-corrected chi connectivity index (χ2v) is 10.6. The van der Waals surface area contributed by atoms with Gasteiger partial charge in [-0.2, -0.15) is 0 Å². The SMILES string of the molecule is CCNC(=O)NC1(C2CNCCC2(CC)C(=O)O)N=CC=CN1c1cc(-c2ccc(F)cc2)c2scnc2c1. The minimum Gasteiger partial charge on any atom is -0.481 e. The minimum atomic E-state index is -1.46. The van der Waals surface area contributed by atoms with E-state index in [0.29, 0.717) is 38.2 Å². The summed E-state index contributed by atoms with van der Waals surface area (Å²) >= 11 is 1.48. The zero-order valence-corrected chi connectivity index (χ0v) is 22.6. The third-order valence-electron chi connectivity index (χ3n) is 7.75. The zero-order valence-electron chi connectivity index (χ0n) is 21.8. The Morgan fingerprint density at radius 2 is 2.05 bits per heavy atom. The van der Waals surface area contributed by atoms with Crippen molar-refractivity contribution >= 4 is 45.5 Å². The van der Waals surface area contributed by atoms with Crippen LogP contribution in [0, 0.1) is 17.2 Å². The van der Waals surface area contributed by atoms with Crippen molar-refractivity contribution in [2.75, 3.05) is 24.5 Å². The number of hydrogen-bond acceptors (Lipinski definition) is 7. The average Bonchev–Trinajstić information content (AvgIpc) is 3.42. The van der Waals surface area contributed by atoms with Crippen LogP contribution in [0.5, 0.6) is 0 Å². The lowest BCUT2D eigenvalue weighted by Crippen LogP contribution is -2.71. The second kappa shape index (κ2) is 10.7. The first-order valence-corrected chi connectivity index (χ1v) is 13.9. The molecule has 3 heterocycles. The van der Waals surface area contributed by atoms with E-state index in [9.17, 15) is 19.1 Å². The molecule has 3 aromatic rings. The third-order valence-corrected chi connectivity index (χ3v) is 8.63. The number of allylic oxidation sites excluding steroid dienone is 1. The molecule has 0 radical (unpaired) electrons. The number of aliphatic imine (C=N–C) groups is 1. The Balaban J connectivity index is 1.72. The number of nitrogens with one attached hydrogen (secondary N) is 3. The standard InChI is InChI=1S/C28H31FN6O3S/c1-3-27(25(36)37)10-12-30-16-23(27)28(34-26(38)31-4-2)33-11-5-13-35(28)20-14-21(18-6-8-19(29)9-7-18)24-22(15-20)32-17-39-24/h5-9,11,13-15,17,23,30H,3-4,10,12,16H2,1-2H3,(H,36,37)(H2,31,34,38). The van der Waals surface area contributed by atoms with Crippen LogP contribution in [0.2, 0.25) is 0 Å². The maximum absolute atomic E-state index is 13.7. The van der Waals surface area contributed by atoms with Crippen molar-refractivity contribution in [3.63, 3.8) is 0 Å². The summed E-state index contributed by atoms with van der Waals surface area (Å²) in [4.78, 5) is 37.2. The van der Waals surface area contributed by atoms with Crippen LogP contribution in [0.1, 0.15) is 26.7 Å². The number of amides is 2. The van der Waals surface area contributed by atoms with Crippen LogP contribution in [0.4, 0.5) is 14.9 Å². The highest BCUT2D eigenvalue weighted by Crippen LogP contribution is 2.48. The predicted molar refractivity (Wildman–Crippen MR) is 151 cm³/mol. The monoisotopic (exact) mass is 550 g/mol. The number of anilines is 1. The van der Waals surface area contributed by atoms with Crippen LogP contribution < -0.4 is 20.9 Å². The molecule has 3 unspecified atom stereocenters. The van der Waals surface area contributed by atoms with E-state index in [0.717, 1.165) is 21.3 Å². The number of halogens is 1. The molecule has 0 bridgehead atoms. The number of carboxylic acids is 1. The summed E-state index contributed by atoms with van der Waals surface area (Å²) in [6.45, 7) is 4.95. The van der Waals surface area contributed by atoms with E-state index < -0.39 is 29.1 Å². The van der Waals surface area contributed by atoms with Gasteiger partial charge < -0.3 is 20.6 Å². The molecule has 4 N–H and O–H groups in total. The normalized spacial score (nSPS) is 24.6. The van der Waals surface area contributed by atoms with E-state index >= 15 is 0 Å². The first kappa shape index (κ1) is 26.8. The number of hydrogen-bond donors (Lipinski definition) is 4. The summed E-state index contributed by atoms with van der Waals surface area (Å²) in [5.74, 6) is -3.34. The summed E-state index contributed by atoms with van der Waals surface area (Å²) in [5.41, 5.74) is 3.67. The molecule has 204 valence electrons. The number of aliphatic carboxylic acids is 1. The minimum absolute atomic E-state index is 0.330. The number of rotatable bonds is 7. The summed E-state index contributed by atoms with van der Waals surface area (Å²) in [7, 11) is 0. The number of carbonyl (C=O) groups excluding carboxylic acids is 1. The number of benzene rings is 2. The first-order valence-electron chi connectivity index (χ1n) is 13.0. The van der Waals surface area contributed by atoms with Gasteiger partial charge in [-0.1, -0.05) is 19.1 Å². The number of piperidine rings is 1. The summed E-state index contributed by atoms with van der Waals surface area (Å²) in [6.07, 6.45) is 5.92. The molecule has 2 aromatic carbocycles. The number of nitrogens with zero attached hydrogens (tertiary/aromatic N) is 3. The lowest BCUT2D eigenvalue weighted by Gasteiger charge is -2.53. The molecule has 0 saturated carbocycles. The Bertz CT molecular complexity index is 1440. The third kappa shape index (κ3) is 4.65. The van der Waals surface area contributed by atoms with Crippen molar-refractivity contribution in [3.05, 3.63) is 60.0 Å². The van der Waals surface area contributed by atoms with Gasteiger partial charge in [0.05, 0.1) is 27.1 Å². The average molecular weight is 551 g/mol. The van der Waals surface area contributed by atoms with Crippen molar-refractivity contribution in [2.45, 2.75) is 32.5 Å². The van der Waals surface area contributed by atoms with E-state index in [4.69, 9.17) is 4.99 Å². The second-order valence-electron chi connectivity index (χ2n) is 9.72. The fourth-order valence-corrected chi connectivity index (χ4v) is 6.58. The molecule has 1 aromatic heterocycles. The van der Waals surface area contributed by atoms with Gasteiger partial charge in [-0.05, 0) is 62.2 Å². The van der Waals surface area contributed by atoms with E-state index in [1.165, 1.54) is 23.5 Å². The Morgan fingerprint density at radius 1 is 1.26 bits per heavy atom. The van der Waals surface area contributed by atoms with Crippen LogP contribution in [-0.4, -0.2) is 53.7 Å². The van der Waals surface area contributed by atoms with E-state index in [1.807, 2.05) is 30.9 Å². The number of carbonyl (C=O) groups is 2. The highest BCUT2D eigenvalue weighted by molar-refractivity contribution is 7.17. The molecule has 1 saturated heterocycles. The van der Waals surface area contributed by atoms with Crippen molar-refractivity contribution in [1.29, 1.82) is 0 Å². The van der Waals surface area contributed by atoms with Crippen LogP contribution in [-0.2, 0) is 4.79 Å². The molecule has 2 aliphatic heterocycles. The van der Waals surface area contributed by atoms with Crippen LogP contribution in [0.15, 0.2) is 59.2 Å².